The second-order valence-electron chi connectivity index (χ2n) is 8.81. The van der Waals surface area contributed by atoms with Crippen LogP contribution in [0.15, 0.2) is 119 Å². The van der Waals surface area contributed by atoms with Crippen LogP contribution in [0.3, 0.4) is 0 Å². The van der Waals surface area contributed by atoms with Crippen molar-refractivity contribution in [3.05, 3.63) is 141 Å². The van der Waals surface area contributed by atoms with Crippen molar-refractivity contribution in [3.8, 4) is 22.3 Å². The third-order valence-corrected chi connectivity index (χ3v) is 15.4. The third-order valence-electron chi connectivity index (χ3n) is 7.19. The molecule has 0 saturated heterocycles. The Morgan fingerprint density at radius 1 is 0.529 bits per heavy atom. The van der Waals surface area contributed by atoms with Gasteiger partial charge in [-0.1, -0.05) is 0 Å². The van der Waals surface area contributed by atoms with Gasteiger partial charge in [-0.05, 0) is 0 Å². The predicted molar refractivity (Wildman–Crippen MR) is 131 cm³/mol. The minimum absolute atomic E-state index is 0. The van der Waals surface area contributed by atoms with Gasteiger partial charge < -0.3 is 24.8 Å². The van der Waals surface area contributed by atoms with Crippen molar-refractivity contribution in [2.24, 2.45) is 0 Å². The van der Waals surface area contributed by atoms with Crippen LogP contribution in [0, 0.1) is 0 Å². The van der Waals surface area contributed by atoms with Gasteiger partial charge in [-0.3, -0.25) is 0 Å². The van der Waals surface area contributed by atoms with Gasteiger partial charge in [-0.2, -0.15) is 0 Å². The molecule has 0 amide bonds. The molecule has 3 aliphatic rings. The molecule has 0 spiro atoms. The average Bonchev–Trinajstić information content (AvgIpc) is 3.57. The van der Waals surface area contributed by atoms with Crippen molar-refractivity contribution in [1.82, 2.24) is 0 Å². The van der Waals surface area contributed by atoms with Gasteiger partial charge >= 0.3 is 198 Å². The molecule has 0 saturated carbocycles. The van der Waals surface area contributed by atoms with E-state index >= 15 is 0 Å². The molecule has 0 atom stereocenters. The Balaban J connectivity index is 0.00000120. The second-order valence-corrected chi connectivity index (χ2v) is 15.1. The van der Waals surface area contributed by atoms with Crippen molar-refractivity contribution in [2.75, 3.05) is 0 Å². The average molecular weight is 557 g/mol. The van der Waals surface area contributed by atoms with Crippen molar-refractivity contribution in [2.45, 2.75) is 10.0 Å². The first-order chi connectivity index (χ1) is 15.9. The number of halogens is 2. The van der Waals surface area contributed by atoms with Gasteiger partial charge in [0.05, 0.1) is 0 Å². The minimum atomic E-state index is -2.43. The third kappa shape index (κ3) is 3.41. The van der Waals surface area contributed by atoms with E-state index in [1.807, 2.05) is 0 Å². The summed E-state index contributed by atoms with van der Waals surface area (Å²) in [5.41, 5.74) is 11.8. The SMILES string of the molecule is C1=CC[C]([Zr+2](=[C]2c3ccccc3-c3ccccc32)[CH]2c3ccccc3-c3ccccc32)=C1.[Cl-].[Cl-]. The zero-order valence-electron chi connectivity index (χ0n) is 18.5. The van der Waals surface area contributed by atoms with Crippen LogP contribution in [-0.2, 0) is 21.3 Å². The maximum absolute atomic E-state index is 2.45. The van der Waals surface area contributed by atoms with E-state index in [1.165, 1.54) is 33.4 Å². The zero-order chi connectivity index (χ0) is 21.1. The molecule has 3 aliphatic carbocycles. The molecule has 34 heavy (non-hydrogen) atoms. The number of allylic oxidation sites excluding steroid dienone is 4. The fraction of sp³-hybridized carbons (Fsp3) is 0.0645. The molecule has 0 radical (unpaired) electrons. The van der Waals surface area contributed by atoms with Gasteiger partial charge in [0.2, 0.25) is 0 Å². The van der Waals surface area contributed by atoms with Crippen LogP contribution in [0.25, 0.3) is 22.3 Å². The van der Waals surface area contributed by atoms with Crippen LogP contribution >= 0.6 is 0 Å². The fourth-order valence-electron chi connectivity index (χ4n) is 5.91. The summed E-state index contributed by atoms with van der Waals surface area (Å²) in [5, 5.41) is 0. The summed E-state index contributed by atoms with van der Waals surface area (Å²) in [6.07, 6.45) is 8.21. The van der Waals surface area contributed by atoms with Crippen LogP contribution < -0.4 is 24.8 Å². The summed E-state index contributed by atoms with van der Waals surface area (Å²) in [6, 6.07) is 36.6. The maximum atomic E-state index is 2.45. The number of hydrogen-bond donors (Lipinski definition) is 0. The first-order valence-corrected chi connectivity index (χ1v) is 15.3. The van der Waals surface area contributed by atoms with E-state index in [0.29, 0.717) is 3.63 Å². The molecule has 0 aromatic heterocycles. The van der Waals surface area contributed by atoms with Crippen molar-refractivity contribution < 1.29 is 46.1 Å². The molecule has 0 aliphatic heterocycles. The standard InChI is InChI=1S/C13H9.C13H8.C5H5.2ClH.Zr/c2*1-3-7-12-10(5-1)9-11-6-2-4-8-13(11)12;1-2-4-5-3-1;;;/h1-9H;1-8H;1-3H,4H2;2*1H;/q;;;;;+2/p-2. The van der Waals surface area contributed by atoms with E-state index in [1.54, 1.807) is 17.6 Å². The molecule has 0 nitrogen and oxygen atoms in total. The van der Waals surface area contributed by atoms with Crippen molar-refractivity contribution in [1.29, 1.82) is 0 Å². The fourth-order valence-corrected chi connectivity index (χ4v) is 15.1. The molecular formula is C31H22Cl2Zr. The van der Waals surface area contributed by atoms with E-state index in [2.05, 4.69) is 115 Å². The number of benzene rings is 4. The Kier molecular flexibility index (Phi) is 6.47. The molecule has 4 aromatic rings. The topological polar surface area (TPSA) is 0 Å². The Morgan fingerprint density at radius 3 is 1.44 bits per heavy atom. The Labute approximate surface area is 221 Å². The van der Waals surface area contributed by atoms with E-state index in [4.69, 9.17) is 0 Å². The molecule has 0 unspecified atom stereocenters. The molecule has 3 heteroatoms. The Bertz CT molecular complexity index is 1420. The van der Waals surface area contributed by atoms with Crippen LogP contribution in [-0.4, -0.2) is 3.21 Å². The molecule has 0 fully saturated rings. The monoisotopic (exact) mass is 554 g/mol. The Hall–Kier alpha value is -2.31. The van der Waals surface area contributed by atoms with Gasteiger partial charge in [0.1, 0.15) is 0 Å². The quantitative estimate of drug-likeness (QED) is 0.309. The van der Waals surface area contributed by atoms with E-state index in [9.17, 15) is 0 Å². The molecule has 0 bridgehead atoms. The Morgan fingerprint density at radius 2 is 0.971 bits per heavy atom. The van der Waals surface area contributed by atoms with E-state index < -0.39 is 21.3 Å². The van der Waals surface area contributed by atoms with E-state index in [-0.39, 0.29) is 24.8 Å². The first kappa shape index (κ1) is 23.4. The van der Waals surface area contributed by atoms with Crippen LogP contribution in [0.2, 0.25) is 0 Å². The summed E-state index contributed by atoms with van der Waals surface area (Å²) >= 11 is -2.43. The smallest absolute Gasteiger partial charge is 1.00 e. The minimum Gasteiger partial charge on any atom is -1.00 e. The molecule has 164 valence electrons. The van der Waals surface area contributed by atoms with Crippen molar-refractivity contribution >= 4 is 3.21 Å². The van der Waals surface area contributed by atoms with Crippen LogP contribution in [0.4, 0.5) is 0 Å². The summed E-state index contributed by atoms with van der Waals surface area (Å²) < 4.78 is 3.92. The van der Waals surface area contributed by atoms with Gasteiger partial charge in [0, 0.05) is 0 Å². The summed E-state index contributed by atoms with van der Waals surface area (Å²) in [7, 11) is 0. The number of fused-ring (bicyclic) bond motifs is 6. The summed E-state index contributed by atoms with van der Waals surface area (Å²) in [4.78, 5) is 0. The predicted octanol–water partition coefficient (Wildman–Crippen LogP) is 1.48. The van der Waals surface area contributed by atoms with Crippen LogP contribution in [0.5, 0.6) is 0 Å². The van der Waals surface area contributed by atoms with Gasteiger partial charge in [0.25, 0.3) is 0 Å². The number of hydrogen-bond acceptors (Lipinski definition) is 0. The van der Waals surface area contributed by atoms with Crippen LogP contribution in [0.1, 0.15) is 32.3 Å². The molecule has 0 N–H and O–H groups in total. The molecule has 7 rings (SSSR count). The first-order valence-electron chi connectivity index (χ1n) is 11.4. The zero-order valence-corrected chi connectivity index (χ0v) is 22.5. The van der Waals surface area contributed by atoms with Gasteiger partial charge in [-0.25, -0.2) is 0 Å². The summed E-state index contributed by atoms with van der Waals surface area (Å²) in [6.45, 7) is 0. The van der Waals surface area contributed by atoms with Gasteiger partial charge in [-0.15, -0.1) is 0 Å². The molecular weight excluding hydrogens is 534 g/mol. The van der Waals surface area contributed by atoms with Gasteiger partial charge in [0.15, 0.2) is 0 Å². The van der Waals surface area contributed by atoms with Crippen molar-refractivity contribution in [3.63, 3.8) is 0 Å². The maximum Gasteiger partial charge on any atom is -1.00 e. The number of rotatable bonds is 2. The molecule has 4 aromatic carbocycles. The largest absolute Gasteiger partial charge is 1.00 e. The second kappa shape index (κ2) is 9.39. The van der Waals surface area contributed by atoms with E-state index in [0.717, 1.165) is 6.42 Å². The summed E-state index contributed by atoms with van der Waals surface area (Å²) in [5.74, 6) is 0. The molecule has 0 heterocycles. The normalized spacial score (nSPS) is 14.1.